The number of benzene rings is 1. The molecule has 0 amide bonds. The largest absolute Gasteiger partial charge is 0.309 e. The Morgan fingerprint density at radius 2 is 1.95 bits per heavy atom. The fourth-order valence-electron chi connectivity index (χ4n) is 2.88. The van der Waals surface area contributed by atoms with Gasteiger partial charge in [0, 0.05) is 30.9 Å². The molecule has 0 spiro atoms. The lowest BCUT2D eigenvalue weighted by Crippen LogP contribution is -2.37. The second-order valence-corrected chi connectivity index (χ2v) is 5.92. The Balaban J connectivity index is 1.50. The number of rotatable bonds is 6. The zero-order valence-corrected chi connectivity index (χ0v) is 12.7. The molecule has 3 rings (SSSR count). The molecule has 4 nitrogen and oxygen atoms in total. The molecule has 4 heteroatoms. The lowest BCUT2D eigenvalue weighted by atomic mass is 10.2. The number of hydrogen-bond donors (Lipinski definition) is 1. The molecular formula is C17H24N4. The highest BCUT2D eigenvalue weighted by molar-refractivity contribution is 5.30. The number of para-hydroxylation sites is 1. The van der Waals surface area contributed by atoms with E-state index in [0.717, 1.165) is 18.8 Å². The van der Waals surface area contributed by atoms with E-state index in [0.29, 0.717) is 6.04 Å². The summed E-state index contributed by atoms with van der Waals surface area (Å²) in [4.78, 5) is 2.55. The minimum Gasteiger partial charge on any atom is -0.309 e. The molecule has 0 bridgehead atoms. The molecule has 1 aromatic heterocycles. The maximum absolute atomic E-state index is 4.43. The molecule has 1 aromatic carbocycles. The van der Waals surface area contributed by atoms with Crippen LogP contribution >= 0.6 is 0 Å². The normalized spacial score (nSPS) is 17.2. The maximum atomic E-state index is 4.43. The zero-order valence-electron chi connectivity index (χ0n) is 12.7. The minimum absolute atomic E-state index is 0.517. The third kappa shape index (κ3) is 3.93. The summed E-state index contributed by atoms with van der Waals surface area (Å²) in [7, 11) is 0. The van der Waals surface area contributed by atoms with Gasteiger partial charge < -0.3 is 10.2 Å². The molecule has 0 radical (unpaired) electrons. The molecule has 2 aromatic rings. The van der Waals surface area contributed by atoms with Crippen LogP contribution in [0.4, 0.5) is 0 Å². The molecule has 0 aliphatic carbocycles. The van der Waals surface area contributed by atoms with Gasteiger partial charge in [0.2, 0.25) is 0 Å². The van der Waals surface area contributed by atoms with Crippen LogP contribution in [-0.4, -0.2) is 40.4 Å². The molecule has 1 aliphatic heterocycles. The van der Waals surface area contributed by atoms with E-state index < -0.39 is 0 Å². The molecule has 1 unspecified atom stereocenters. The van der Waals surface area contributed by atoms with Crippen LogP contribution in [0.25, 0.3) is 5.69 Å². The second kappa shape index (κ2) is 6.87. The summed E-state index contributed by atoms with van der Waals surface area (Å²) in [5, 5.41) is 8.03. The van der Waals surface area contributed by atoms with Gasteiger partial charge in [0.05, 0.1) is 11.9 Å². The summed E-state index contributed by atoms with van der Waals surface area (Å²) in [5.41, 5.74) is 2.33. The monoisotopic (exact) mass is 284 g/mol. The average Bonchev–Trinajstić information content (AvgIpc) is 3.17. The molecule has 1 saturated heterocycles. The second-order valence-electron chi connectivity index (χ2n) is 5.92. The van der Waals surface area contributed by atoms with Gasteiger partial charge in [-0.05, 0) is 45.0 Å². The standard InChI is InChI=1S/C17H24N4/c1-15(13-20-9-5-6-10-20)18-11-16-12-19-21(14-16)17-7-3-2-4-8-17/h2-4,7-8,12,14-15,18H,5-6,9-11,13H2,1H3. The van der Waals surface area contributed by atoms with Gasteiger partial charge in [-0.3, -0.25) is 0 Å². The number of likely N-dealkylation sites (tertiary alicyclic amines) is 1. The van der Waals surface area contributed by atoms with Crippen LogP contribution in [0.1, 0.15) is 25.3 Å². The van der Waals surface area contributed by atoms with E-state index in [2.05, 4.69) is 40.6 Å². The van der Waals surface area contributed by atoms with E-state index in [9.17, 15) is 0 Å². The summed E-state index contributed by atoms with van der Waals surface area (Å²) in [6.45, 7) is 6.81. The Morgan fingerprint density at radius 3 is 2.71 bits per heavy atom. The SMILES string of the molecule is CC(CN1CCCC1)NCc1cnn(-c2ccccc2)c1. The van der Waals surface area contributed by atoms with E-state index >= 15 is 0 Å². The average molecular weight is 284 g/mol. The summed E-state index contributed by atoms with van der Waals surface area (Å²) >= 11 is 0. The van der Waals surface area contributed by atoms with Gasteiger partial charge >= 0.3 is 0 Å². The molecule has 21 heavy (non-hydrogen) atoms. The Hall–Kier alpha value is -1.65. The van der Waals surface area contributed by atoms with Crippen molar-refractivity contribution < 1.29 is 0 Å². The Bertz CT molecular complexity index is 543. The number of nitrogens with zero attached hydrogens (tertiary/aromatic N) is 3. The number of nitrogens with one attached hydrogen (secondary N) is 1. The third-order valence-corrected chi connectivity index (χ3v) is 4.04. The van der Waals surface area contributed by atoms with Crippen molar-refractivity contribution in [3.05, 3.63) is 48.3 Å². The van der Waals surface area contributed by atoms with Crippen molar-refractivity contribution in [3.8, 4) is 5.69 Å². The van der Waals surface area contributed by atoms with E-state index in [4.69, 9.17) is 0 Å². The molecule has 1 fully saturated rings. The topological polar surface area (TPSA) is 33.1 Å². The third-order valence-electron chi connectivity index (χ3n) is 4.04. The first-order valence-electron chi connectivity index (χ1n) is 7.86. The molecular weight excluding hydrogens is 260 g/mol. The molecule has 0 saturated carbocycles. The van der Waals surface area contributed by atoms with Crippen LogP contribution in [0.15, 0.2) is 42.7 Å². The fourth-order valence-corrected chi connectivity index (χ4v) is 2.88. The number of aromatic nitrogens is 2. The highest BCUT2D eigenvalue weighted by Gasteiger charge is 2.14. The Labute approximate surface area is 126 Å². The molecule has 1 N–H and O–H groups in total. The summed E-state index contributed by atoms with van der Waals surface area (Å²) in [5.74, 6) is 0. The molecule has 112 valence electrons. The predicted molar refractivity (Wildman–Crippen MR) is 85.5 cm³/mol. The summed E-state index contributed by atoms with van der Waals surface area (Å²) < 4.78 is 1.93. The van der Waals surface area contributed by atoms with Gasteiger partial charge in [-0.25, -0.2) is 4.68 Å². The minimum atomic E-state index is 0.517. The summed E-state index contributed by atoms with van der Waals surface area (Å²) in [6.07, 6.45) is 6.76. The lowest BCUT2D eigenvalue weighted by Gasteiger charge is -2.20. The Kier molecular flexibility index (Phi) is 4.68. The highest BCUT2D eigenvalue weighted by atomic mass is 15.3. The van der Waals surface area contributed by atoms with Crippen LogP contribution in [-0.2, 0) is 6.54 Å². The quantitative estimate of drug-likeness (QED) is 0.884. The van der Waals surface area contributed by atoms with Gasteiger partial charge in [0.1, 0.15) is 0 Å². The fraction of sp³-hybridized carbons (Fsp3) is 0.471. The van der Waals surface area contributed by atoms with E-state index in [1.54, 1.807) is 0 Å². The molecule has 1 aliphatic rings. The van der Waals surface area contributed by atoms with Gasteiger partial charge in [-0.15, -0.1) is 0 Å². The predicted octanol–water partition coefficient (Wildman–Crippen LogP) is 2.45. The first kappa shape index (κ1) is 14.3. The molecule has 1 atom stereocenters. The zero-order chi connectivity index (χ0) is 14.5. The van der Waals surface area contributed by atoms with Gasteiger partial charge in [0.25, 0.3) is 0 Å². The van der Waals surface area contributed by atoms with Crippen molar-refractivity contribution >= 4 is 0 Å². The van der Waals surface area contributed by atoms with Gasteiger partial charge in [-0.2, -0.15) is 5.10 Å². The van der Waals surface area contributed by atoms with E-state index in [1.807, 2.05) is 29.1 Å². The van der Waals surface area contributed by atoms with Crippen LogP contribution in [0.2, 0.25) is 0 Å². The summed E-state index contributed by atoms with van der Waals surface area (Å²) in [6, 6.07) is 10.7. The Morgan fingerprint density at radius 1 is 1.19 bits per heavy atom. The first-order chi connectivity index (χ1) is 10.3. The van der Waals surface area contributed by atoms with Crippen molar-refractivity contribution in [2.24, 2.45) is 0 Å². The van der Waals surface area contributed by atoms with Crippen molar-refractivity contribution in [3.63, 3.8) is 0 Å². The van der Waals surface area contributed by atoms with E-state index in [-0.39, 0.29) is 0 Å². The van der Waals surface area contributed by atoms with Crippen LogP contribution in [0.3, 0.4) is 0 Å². The van der Waals surface area contributed by atoms with Crippen LogP contribution in [0.5, 0.6) is 0 Å². The lowest BCUT2D eigenvalue weighted by molar-refractivity contribution is 0.298. The van der Waals surface area contributed by atoms with Crippen molar-refractivity contribution in [2.45, 2.75) is 32.4 Å². The van der Waals surface area contributed by atoms with Crippen LogP contribution in [0, 0.1) is 0 Å². The van der Waals surface area contributed by atoms with Gasteiger partial charge in [-0.1, -0.05) is 18.2 Å². The first-order valence-corrected chi connectivity index (χ1v) is 7.86. The van der Waals surface area contributed by atoms with Crippen molar-refractivity contribution in [2.75, 3.05) is 19.6 Å². The maximum Gasteiger partial charge on any atom is 0.0645 e. The number of hydrogen-bond acceptors (Lipinski definition) is 3. The smallest absolute Gasteiger partial charge is 0.0645 e. The highest BCUT2D eigenvalue weighted by Crippen LogP contribution is 2.09. The molecule has 2 heterocycles. The van der Waals surface area contributed by atoms with E-state index in [1.165, 1.54) is 31.5 Å². The van der Waals surface area contributed by atoms with Crippen molar-refractivity contribution in [1.82, 2.24) is 20.0 Å². The van der Waals surface area contributed by atoms with Crippen LogP contribution < -0.4 is 5.32 Å². The van der Waals surface area contributed by atoms with Crippen molar-refractivity contribution in [1.29, 1.82) is 0 Å². The van der Waals surface area contributed by atoms with Gasteiger partial charge in [0.15, 0.2) is 0 Å².